The van der Waals surface area contributed by atoms with Crippen molar-refractivity contribution in [3.8, 4) is 5.88 Å². The van der Waals surface area contributed by atoms with E-state index in [0.717, 1.165) is 0 Å². The Morgan fingerprint density at radius 2 is 2.32 bits per heavy atom. The van der Waals surface area contributed by atoms with Gasteiger partial charge in [-0.1, -0.05) is 0 Å². The van der Waals surface area contributed by atoms with E-state index in [4.69, 9.17) is 15.6 Å². The van der Waals surface area contributed by atoms with Crippen molar-refractivity contribution >= 4 is 23.4 Å². The van der Waals surface area contributed by atoms with Crippen LogP contribution in [-0.4, -0.2) is 49.8 Å². The van der Waals surface area contributed by atoms with Gasteiger partial charge in [0.05, 0.1) is 7.11 Å². The van der Waals surface area contributed by atoms with Gasteiger partial charge in [-0.3, -0.25) is 9.79 Å². The summed E-state index contributed by atoms with van der Waals surface area (Å²) in [4.78, 5) is 20.1. The minimum absolute atomic E-state index is 0.149. The Morgan fingerprint density at radius 1 is 1.63 bits per heavy atom. The molecular formula is C11H17N5O3. The maximum absolute atomic E-state index is 10.7. The SMILES string of the molecule is CN=C(N)Nc1ccc(N(C)CC(=O)O)c(OC)n1. The Labute approximate surface area is 110 Å². The maximum atomic E-state index is 10.7. The molecule has 4 N–H and O–H groups in total. The van der Waals surface area contributed by atoms with Crippen molar-refractivity contribution in [3.63, 3.8) is 0 Å². The van der Waals surface area contributed by atoms with Crippen molar-refractivity contribution in [2.24, 2.45) is 10.7 Å². The zero-order valence-corrected chi connectivity index (χ0v) is 11.0. The van der Waals surface area contributed by atoms with Crippen LogP contribution in [0.15, 0.2) is 17.1 Å². The Balaban J connectivity index is 2.99. The number of carbonyl (C=O) groups is 1. The molecule has 0 radical (unpaired) electrons. The molecular weight excluding hydrogens is 250 g/mol. The van der Waals surface area contributed by atoms with E-state index in [1.807, 2.05) is 0 Å². The fourth-order valence-corrected chi connectivity index (χ4v) is 1.42. The van der Waals surface area contributed by atoms with E-state index in [-0.39, 0.29) is 12.5 Å². The maximum Gasteiger partial charge on any atom is 0.323 e. The van der Waals surface area contributed by atoms with Gasteiger partial charge in [0.2, 0.25) is 5.88 Å². The van der Waals surface area contributed by atoms with Gasteiger partial charge in [0.15, 0.2) is 5.96 Å². The average molecular weight is 267 g/mol. The second kappa shape index (κ2) is 6.43. The molecule has 8 nitrogen and oxygen atoms in total. The number of nitrogens with one attached hydrogen (secondary N) is 1. The highest BCUT2D eigenvalue weighted by atomic mass is 16.5. The first kappa shape index (κ1) is 14.6. The van der Waals surface area contributed by atoms with Gasteiger partial charge < -0.3 is 25.8 Å². The topological polar surface area (TPSA) is 113 Å². The van der Waals surface area contributed by atoms with Crippen LogP contribution < -0.4 is 20.7 Å². The molecule has 0 saturated heterocycles. The number of aromatic nitrogens is 1. The number of nitrogens with zero attached hydrogens (tertiary/aromatic N) is 3. The number of nitrogens with two attached hydrogens (primary N) is 1. The Bertz CT molecular complexity index is 489. The highest BCUT2D eigenvalue weighted by Gasteiger charge is 2.13. The third-order valence-electron chi connectivity index (χ3n) is 2.31. The van der Waals surface area contributed by atoms with E-state index in [0.29, 0.717) is 17.4 Å². The third kappa shape index (κ3) is 4.02. The quantitative estimate of drug-likeness (QED) is 0.507. The van der Waals surface area contributed by atoms with Crippen molar-refractivity contribution in [1.82, 2.24) is 4.98 Å². The lowest BCUT2D eigenvalue weighted by atomic mass is 10.3. The summed E-state index contributed by atoms with van der Waals surface area (Å²) in [5.41, 5.74) is 6.10. The van der Waals surface area contributed by atoms with Crippen molar-refractivity contribution in [2.75, 3.05) is 38.0 Å². The number of guanidine groups is 1. The number of aliphatic imine (C=N–C) groups is 1. The fraction of sp³-hybridized carbons (Fsp3) is 0.364. The number of rotatable bonds is 5. The highest BCUT2D eigenvalue weighted by molar-refractivity contribution is 5.91. The zero-order chi connectivity index (χ0) is 14.4. The molecule has 0 aromatic carbocycles. The number of pyridine rings is 1. The molecule has 0 unspecified atom stereocenters. The average Bonchev–Trinajstić information content (AvgIpc) is 2.37. The molecule has 1 aromatic heterocycles. The van der Waals surface area contributed by atoms with Crippen LogP contribution in [0.1, 0.15) is 0 Å². The Morgan fingerprint density at radius 3 is 2.84 bits per heavy atom. The molecule has 0 aliphatic heterocycles. The molecule has 1 heterocycles. The van der Waals surface area contributed by atoms with Gasteiger partial charge in [0, 0.05) is 14.1 Å². The van der Waals surface area contributed by atoms with Gasteiger partial charge in [-0.05, 0) is 12.1 Å². The van der Waals surface area contributed by atoms with Gasteiger partial charge in [0.25, 0.3) is 0 Å². The standard InChI is InChI=1S/C11H17N5O3/c1-13-11(12)15-8-5-4-7(10(14-8)19-3)16(2)6-9(17)18/h4-5H,6H2,1-3H3,(H,17,18)(H3,12,13,14,15). The van der Waals surface area contributed by atoms with Gasteiger partial charge in [-0.2, -0.15) is 4.98 Å². The van der Waals surface area contributed by atoms with Crippen LogP contribution in [-0.2, 0) is 4.79 Å². The second-order valence-electron chi connectivity index (χ2n) is 3.71. The molecule has 0 amide bonds. The number of hydrogen-bond acceptors (Lipinski definition) is 5. The lowest BCUT2D eigenvalue weighted by molar-refractivity contribution is -0.135. The van der Waals surface area contributed by atoms with Crippen LogP contribution in [0.2, 0.25) is 0 Å². The number of carboxylic acids is 1. The number of hydrogen-bond donors (Lipinski definition) is 3. The van der Waals surface area contributed by atoms with Crippen LogP contribution >= 0.6 is 0 Å². The summed E-state index contributed by atoms with van der Waals surface area (Å²) < 4.78 is 5.14. The molecule has 0 aliphatic carbocycles. The number of anilines is 2. The second-order valence-corrected chi connectivity index (χ2v) is 3.71. The monoisotopic (exact) mass is 267 g/mol. The lowest BCUT2D eigenvalue weighted by Gasteiger charge is -2.19. The fourth-order valence-electron chi connectivity index (χ4n) is 1.42. The van der Waals surface area contributed by atoms with Crippen molar-refractivity contribution < 1.29 is 14.6 Å². The first-order chi connectivity index (χ1) is 8.97. The molecule has 0 saturated carbocycles. The number of carboxylic acid groups (broad SMARTS) is 1. The summed E-state index contributed by atoms with van der Waals surface area (Å²) in [6.45, 7) is -0.149. The first-order valence-electron chi connectivity index (χ1n) is 5.45. The van der Waals surface area contributed by atoms with E-state index in [1.54, 1.807) is 26.2 Å². The molecule has 8 heteroatoms. The molecule has 1 aromatic rings. The van der Waals surface area contributed by atoms with Gasteiger partial charge in [-0.25, -0.2) is 0 Å². The highest BCUT2D eigenvalue weighted by Crippen LogP contribution is 2.26. The summed E-state index contributed by atoms with van der Waals surface area (Å²) in [5.74, 6) is 0.0559. The summed E-state index contributed by atoms with van der Waals surface area (Å²) >= 11 is 0. The van der Waals surface area contributed by atoms with Crippen LogP contribution in [0.3, 0.4) is 0 Å². The number of ether oxygens (including phenoxy) is 1. The van der Waals surface area contributed by atoms with E-state index in [9.17, 15) is 4.79 Å². The Hall–Kier alpha value is -2.51. The summed E-state index contributed by atoms with van der Waals surface area (Å²) in [6.07, 6.45) is 0. The number of methoxy groups -OCH3 is 1. The largest absolute Gasteiger partial charge is 0.480 e. The number of aliphatic carboxylic acids is 1. The third-order valence-corrected chi connectivity index (χ3v) is 2.31. The molecule has 19 heavy (non-hydrogen) atoms. The molecule has 0 aliphatic rings. The first-order valence-corrected chi connectivity index (χ1v) is 5.45. The van der Waals surface area contributed by atoms with Gasteiger partial charge in [-0.15, -0.1) is 0 Å². The van der Waals surface area contributed by atoms with E-state index in [1.165, 1.54) is 12.0 Å². The summed E-state index contributed by atoms with van der Waals surface area (Å²) in [6, 6.07) is 3.36. The summed E-state index contributed by atoms with van der Waals surface area (Å²) in [7, 11) is 4.65. The minimum atomic E-state index is -0.936. The smallest absolute Gasteiger partial charge is 0.323 e. The van der Waals surface area contributed by atoms with Gasteiger partial charge >= 0.3 is 5.97 Å². The van der Waals surface area contributed by atoms with E-state index < -0.39 is 5.97 Å². The van der Waals surface area contributed by atoms with E-state index >= 15 is 0 Å². The Kier molecular flexibility index (Phi) is 4.92. The van der Waals surface area contributed by atoms with Crippen LogP contribution in [0, 0.1) is 0 Å². The lowest BCUT2D eigenvalue weighted by Crippen LogP contribution is -2.26. The molecule has 0 spiro atoms. The molecule has 104 valence electrons. The molecule has 1 rings (SSSR count). The normalized spacial score (nSPS) is 11.0. The predicted molar refractivity (Wildman–Crippen MR) is 72.9 cm³/mol. The van der Waals surface area contributed by atoms with Crippen LogP contribution in [0.4, 0.5) is 11.5 Å². The summed E-state index contributed by atoms with van der Waals surface area (Å²) in [5, 5.41) is 11.5. The molecule has 0 fully saturated rings. The van der Waals surface area contributed by atoms with Crippen molar-refractivity contribution in [3.05, 3.63) is 12.1 Å². The molecule has 0 bridgehead atoms. The zero-order valence-electron chi connectivity index (χ0n) is 11.0. The number of likely N-dealkylation sites (N-methyl/N-ethyl adjacent to an activating group) is 1. The minimum Gasteiger partial charge on any atom is -0.480 e. The predicted octanol–water partition coefficient (Wildman–Crippen LogP) is -0.0326. The van der Waals surface area contributed by atoms with Crippen LogP contribution in [0.5, 0.6) is 5.88 Å². The molecule has 0 atom stereocenters. The van der Waals surface area contributed by atoms with Gasteiger partial charge in [0.1, 0.15) is 18.1 Å². The van der Waals surface area contributed by atoms with E-state index in [2.05, 4.69) is 15.3 Å². The van der Waals surface area contributed by atoms with Crippen LogP contribution in [0.25, 0.3) is 0 Å². The van der Waals surface area contributed by atoms with Crippen molar-refractivity contribution in [1.29, 1.82) is 0 Å². The van der Waals surface area contributed by atoms with Crippen molar-refractivity contribution in [2.45, 2.75) is 0 Å².